The van der Waals surface area contributed by atoms with Crippen molar-refractivity contribution in [3.63, 3.8) is 0 Å². The molecule has 3 aromatic rings. The average molecular weight is 430 g/mol. The highest BCUT2D eigenvalue weighted by molar-refractivity contribution is 9.10. The van der Waals surface area contributed by atoms with Gasteiger partial charge in [0.25, 0.3) is 5.91 Å². The molecule has 0 bridgehead atoms. The predicted molar refractivity (Wildman–Crippen MR) is 108 cm³/mol. The summed E-state index contributed by atoms with van der Waals surface area (Å²) in [5.74, 6) is 1.80. The van der Waals surface area contributed by atoms with Gasteiger partial charge in [0.2, 0.25) is 0 Å². The first-order valence-corrected chi connectivity index (χ1v) is 9.20. The quantitative estimate of drug-likeness (QED) is 0.589. The fourth-order valence-corrected chi connectivity index (χ4v) is 3.14. The van der Waals surface area contributed by atoms with Crippen LogP contribution in [0.5, 0.6) is 11.5 Å². The van der Waals surface area contributed by atoms with Crippen LogP contribution in [0.1, 0.15) is 21.6 Å². The molecule has 1 amide bonds. The van der Waals surface area contributed by atoms with Crippen molar-refractivity contribution >= 4 is 27.7 Å². The van der Waals surface area contributed by atoms with E-state index in [0.29, 0.717) is 11.4 Å². The van der Waals surface area contributed by atoms with Crippen LogP contribution in [0.2, 0.25) is 0 Å². The zero-order chi connectivity index (χ0) is 19.2. The van der Waals surface area contributed by atoms with Crippen molar-refractivity contribution in [2.45, 2.75) is 12.8 Å². The first-order valence-electron chi connectivity index (χ1n) is 8.41. The molecule has 0 saturated carbocycles. The fourth-order valence-electron chi connectivity index (χ4n) is 2.67. The molecule has 2 N–H and O–H groups in total. The first kappa shape index (κ1) is 19.0. The number of hydrogen-bond acceptors (Lipinski definition) is 4. The molecule has 0 saturated heterocycles. The van der Waals surface area contributed by atoms with E-state index in [1.54, 1.807) is 20.3 Å². The van der Waals surface area contributed by atoms with Crippen LogP contribution in [-0.2, 0) is 12.8 Å². The minimum Gasteiger partial charge on any atom is -0.497 e. The minimum atomic E-state index is -0.210. The topological polar surface area (TPSA) is 76.2 Å². The summed E-state index contributed by atoms with van der Waals surface area (Å²) in [7, 11) is 3.26. The number of benzene rings is 2. The summed E-state index contributed by atoms with van der Waals surface area (Å²) in [6, 6.07) is 14.9. The summed E-state index contributed by atoms with van der Waals surface area (Å²) in [6.45, 7) is 0. The molecule has 0 aliphatic carbocycles. The molecule has 0 spiro atoms. The normalized spacial score (nSPS) is 10.5. The molecule has 2 aromatic carbocycles. The summed E-state index contributed by atoms with van der Waals surface area (Å²) in [5, 5.41) is 9.94. The number of anilines is 1. The lowest BCUT2D eigenvalue weighted by atomic mass is 10.1. The highest BCUT2D eigenvalue weighted by Gasteiger charge is 2.11. The van der Waals surface area contributed by atoms with E-state index in [4.69, 9.17) is 9.47 Å². The third kappa shape index (κ3) is 4.89. The number of hydrogen-bond donors (Lipinski definition) is 2. The Morgan fingerprint density at radius 1 is 1.07 bits per heavy atom. The SMILES string of the molecule is COc1cc(CCc2cc(NC(=O)c3ccccc3Br)n[nH]2)cc(OC)c1. The van der Waals surface area contributed by atoms with Gasteiger partial charge in [-0.15, -0.1) is 0 Å². The summed E-state index contributed by atoms with van der Waals surface area (Å²) in [4.78, 5) is 12.3. The first-order chi connectivity index (χ1) is 13.1. The maximum Gasteiger partial charge on any atom is 0.258 e. The summed E-state index contributed by atoms with van der Waals surface area (Å²) < 4.78 is 11.3. The molecule has 0 fully saturated rings. The maximum atomic E-state index is 12.3. The van der Waals surface area contributed by atoms with Crippen LogP contribution >= 0.6 is 15.9 Å². The van der Waals surface area contributed by atoms with Crippen molar-refractivity contribution in [1.29, 1.82) is 0 Å². The Balaban J connectivity index is 1.63. The molecular formula is C20H20BrN3O3. The summed E-state index contributed by atoms with van der Waals surface area (Å²) in [5.41, 5.74) is 2.59. The maximum absolute atomic E-state index is 12.3. The number of methoxy groups -OCH3 is 2. The average Bonchev–Trinajstić information content (AvgIpc) is 3.13. The standard InChI is InChI=1S/C20H20BrN3O3/c1-26-15-9-13(10-16(12-15)27-2)7-8-14-11-19(24-23-14)22-20(25)17-5-3-4-6-18(17)21/h3-6,9-12H,7-8H2,1-2H3,(H2,22,23,24,25). The number of H-pyrrole nitrogens is 1. The number of aromatic nitrogens is 2. The zero-order valence-electron chi connectivity index (χ0n) is 15.1. The van der Waals surface area contributed by atoms with E-state index in [1.807, 2.05) is 42.5 Å². The molecule has 7 heteroatoms. The molecule has 6 nitrogen and oxygen atoms in total. The number of carbonyl (C=O) groups is 1. The number of nitrogens with zero attached hydrogens (tertiary/aromatic N) is 1. The van der Waals surface area contributed by atoms with Gasteiger partial charge in [-0.3, -0.25) is 9.89 Å². The van der Waals surface area contributed by atoms with E-state index in [9.17, 15) is 4.79 Å². The van der Waals surface area contributed by atoms with E-state index < -0.39 is 0 Å². The molecule has 1 aromatic heterocycles. The Morgan fingerprint density at radius 2 is 1.78 bits per heavy atom. The van der Waals surface area contributed by atoms with Crippen LogP contribution in [0, 0.1) is 0 Å². The van der Waals surface area contributed by atoms with Gasteiger partial charge in [0.1, 0.15) is 11.5 Å². The number of nitrogens with one attached hydrogen (secondary N) is 2. The van der Waals surface area contributed by atoms with Gasteiger partial charge in [0.05, 0.1) is 19.8 Å². The lowest BCUT2D eigenvalue weighted by molar-refractivity contribution is 0.102. The number of aromatic amines is 1. The second-order valence-corrected chi connectivity index (χ2v) is 6.79. The van der Waals surface area contributed by atoms with E-state index in [0.717, 1.165) is 40.1 Å². The molecule has 0 aliphatic heterocycles. The van der Waals surface area contributed by atoms with E-state index in [1.165, 1.54) is 0 Å². The lowest BCUT2D eigenvalue weighted by Gasteiger charge is -2.08. The predicted octanol–water partition coefficient (Wildman–Crippen LogP) is 4.23. The third-order valence-electron chi connectivity index (χ3n) is 4.09. The Morgan fingerprint density at radius 3 is 2.44 bits per heavy atom. The van der Waals surface area contributed by atoms with Gasteiger partial charge in [-0.1, -0.05) is 12.1 Å². The van der Waals surface area contributed by atoms with Gasteiger partial charge < -0.3 is 14.8 Å². The van der Waals surface area contributed by atoms with Crippen molar-refractivity contribution in [2.75, 3.05) is 19.5 Å². The zero-order valence-corrected chi connectivity index (χ0v) is 16.7. The Kier molecular flexibility index (Phi) is 6.13. The van der Waals surface area contributed by atoms with Gasteiger partial charge in [-0.2, -0.15) is 5.10 Å². The third-order valence-corrected chi connectivity index (χ3v) is 4.78. The molecule has 0 radical (unpaired) electrons. The number of ether oxygens (including phenoxy) is 2. The number of amides is 1. The van der Waals surface area contributed by atoms with Gasteiger partial charge in [-0.05, 0) is 58.6 Å². The second-order valence-electron chi connectivity index (χ2n) is 5.93. The molecule has 140 valence electrons. The van der Waals surface area contributed by atoms with Crippen LogP contribution in [-0.4, -0.2) is 30.3 Å². The lowest BCUT2D eigenvalue weighted by Crippen LogP contribution is -2.12. The monoisotopic (exact) mass is 429 g/mol. The molecule has 27 heavy (non-hydrogen) atoms. The van der Waals surface area contributed by atoms with Crippen molar-refractivity contribution < 1.29 is 14.3 Å². The van der Waals surface area contributed by atoms with E-state index in [-0.39, 0.29) is 5.91 Å². The molecule has 0 aliphatic rings. The van der Waals surface area contributed by atoms with Crippen LogP contribution in [0.3, 0.4) is 0 Å². The van der Waals surface area contributed by atoms with Gasteiger partial charge in [0.15, 0.2) is 5.82 Å². The van der Waals surface area contributed by atoms with Gasteiger partial charge in [0, 0.05) is 22.3 Å². The van der Waals surface area contributed by atoms with Crippen LogP contribution in [0.15, 0.2) is 53.0 Å². The van der Waals surface area contributed by atoms with E-state index >= 15 is 0 Å². The summed E-state index contributed by atoms with van der Waals surface area (Å²) in [6.07, 6.45) is 1.53. The largest absolute Gasteiger partial charge is 0.497 e. The fraction of sp³-hybridized carbons (Fsp3) is 0.200. The molecule has 1 heterocycles. The van der Waals surface area contributed by atoms with Gasteiger partial charge in [-0.25, -0.2) is 0 Å². The Hall–Kier alpha value is -2.80. The number of aryl methyl sites for hydroxylation is 2. The number of rotatable bonds is 7. The number of carbonyl (C=O) groups excluding carboxylic acids is 1. The Bertz CT molecular complexity index is 917. The smallest absolute Gasteiger partial charge is 0.258 e. The number of halogens is 1. The molecule has 3 rings (SSSR count). The van der Waals surface area contributed by atoms with E-state index in [2.05, 4.69) is 31.4 Å². The molecule has 0 unspecified atom stereocenters. The van der Waals surface area contributed by atoms with Crippen LogP contribution < -0.4 is 14.8 Å². The van der Waals surface area contributed by atoms with Crippen molar-refractivity contribution in [3.8, 4) is 11.5 Å². The van der Waals surface area contributed by atoms with Crippen LogP contribution in [0.25, 0.3) is 0 Å². The van der Waals surface area contributed by atoms with Crippen molar-refractivity contribution in [3.05, 3.63) is 69.8 Å². The highest BCUT2D eigenvalue weighted by atomic mass is 79.9. The molecular weight excluding hydrogens is 410 g/mol. The molecule has 0 atom stereocenters. The highest BCUT2D eigenvalue weighted by Crippen LogP contribution is 2.23. The summed E-state index contributed by atoms with van der Waals surface area (Å²) >= 11 is 3.38. The van der Waals surface area contributed by atoms with Crippen molar-refractivity contribution in [1.82, 2.24) is 10.2 Å². The second kappa shape index (κ2) is 8.73. The Labute approximate surface area is 166 Å². The van der Waals surface area contributed by atoms with Crippen molar-refractivity contribution in [2.24, 2.45) is 0 Å². The van der Waals surface area contributed by atoms with Gasteiger partial charge >= 0.3 is 0 Å². The minimum absolute atomic E-state index is 0.210. The van der Waals surface area contributed by atoms with Crippen LogP contribution in [0.4, 0.5) is 5.82 Å².